The highest BCUT2D eigenvalue weighted by molar-refractivity contribution is 4.89. The minimum atomic E-state index is 0.843. The maximum absolute atomic E-state index is 3.86. The number of nitrogens with one attached hydrogen (secondary N) is 1. The van der Waals surface area contributed by atoms with Crippen molar-refractivity contribution in [3.63, 3.8) is 0 Å². The molecule has 2 saturated carbocycles. The van der Waals surface area contributed by atoms with Crippen molar-refractivity contribution in [2.45, 2.75) is 84.1 Å². The van der Waals surface area contributed by atoms with Crippen molar-refractivity contribution in [2.75, 3.05) is 6.54 Å². The minimum absolute atomic E-state index is 0.843. The summed E-state index contributed by atoms with van der Waals surface area (Å²) >= 11 is 0. The highest BCUT2D eigenvalue weighted by Gasteiger charge is 2.36. The van der Waals surface area contributed by atoms with Gasteiger partial charge in [-0.15, -0.1) is 0 Å². The van der Waals surface area contributed by atoms with Crippen LogP contribution in [0.5, 0.6) is 0 Å². The lowest BCUT2D eigenvalue weighted by atomic mass is 9.65. The maximum Gasteiger partial charge on any atom is 0.00980 e. The van der Waals surface area contributed by atoms with E-state index in [0.717, 1.165) is 23.8 Å². The van der Waals surface area contributed by atoms with Gasteiger partial charge >= 0.3 is 0 Å². The first kappa shape index (κ1) is 14.4. The third-order valence-electron chi connectivity index (χ3n) is 5.52. The van der Waals surface area contributed by atoms with Gasteiger partial charge in [-0.25, -0.2) is 0 Å². The molecule has 0 aromatic heterocycles. The van der Waals surface area contributed by atoms with Crippen molar-refractivity contribution in [1.29, 1.82) is 0 Å². The second kappa shape index (κ2) is 7.53. The van der Waals surface area contributed by atoms with E-state index in [0.29, 0.717) is 0 Å². The third-order valence-corrected chi connectivity index (χ3v) is 5.52. The van der Waals surface area contributed by atoms with Gasteiger partial charge in [-0.3, -0.25) is 0 Å². The molecule has 0 aromatic carbocycles. The molecule has 2 fully saturated rings. The van der Waals surface area contributed by atoms with Crippen molar-refractivity contribution in [1.82, 2.24) is 5.32 Å². The second-order valence-corrected chi connectivity index (χ2v) is 6.63. The Morgan fingerprint density at radius 3 is 2.22 bits per heavy atom. The van der Waals surface area contributed by atoms with E-state index in [1.807, 2.05) is 0 Å². The summed E-state index contributed by atoms with van der Waals surface area (Å²) < 4.78 is 0. The summed E-state index contributed by atoms with van der Waals surface area (Å²) in [7, 11) is 0. The van der Waals surface area contributed by atoms with Gasteiger partial charge < -0.3 is 5.32 Å². The van der Waals surface area contributed by atoms with Gasteiger partial charge in [-0.2, -0.15) is 0 Å². The third kappa shape index (κ3) is 3.50. The zero-order valence-corrected chi connectivity index (χ0v) is 12.6. The van der Waals surface area contributed by atoms with Gasteiger partial charge in [0.05, 0.1) is 0 Å². The summed E-state index contributed by atoms with van der Waals surface area (Å²) in [6.07, 6.45) is 14.6. The summed E-state index contributed by atoms with van der Waals surface area (Å²) in [4.78, 5) is 0. The Morgan fingerprint density at radius 2 is 1.50 bits per heavy atom. The fraction of sp³-hybridized carbons (Fsp3) is 1.00. The molecular weight excluding hydrogens is 218 g/mol. The molecule has 0 radical (unpaired) electrons. The van der Waals surface area contributed by atoms with Gasteiger partial charge in [0, 0.05) is 6.04 Å². The monoisotopic (exact) mass is 251 g/mol. The Hall–Kier alpha value is -0.0400. The van der Waals surface area contributed by atoms with Crippen LogP contribution >= 0.6 is 0 Å². The molecule has 2 aliphatic carbocycles. The van der Waals surface area contributed by atoms with Crippen molar-refractivity contribution >= 4 is 0 Å². The van der Waals surface area contributed by atoms with Crippen LogP contribution in [0.25, 0.3) is 0 Å². The molecule has 1 N–H and O–H groups in total. The standard InChI is InChI=1S/C17H33N/c1-3-13-18-17-12-8-7-11-16(17)15-10-6-5-9-14(15)4-2/h14-18H,3-13H2,1-2H3. The van der Waals surface area contributed by atoms with E-state index in [2.05, 4.69) is 19.2 Å². The van der Waals surface area contributed by atoms with Crippen LogP contribution in [-0.4, -0.2) is 12.6 Å². The number of hydrogen-bond donors (Lipinski definition) is 1. The van der Waals surface area contributed by atoms with E-state index >= 15 is 0 Å². The molecule has 0 aromatic rings. The summed E-state index contributed by atoms with van der Waals surface area (Å²) in [5, 5.41) is 3.86. The Labute approximate surface area is 114 Å². The van der Waals surface area contributed by atoms with Crippen molar-refractivity contribution in [2.24, 2.45) is 17.8 Å². The molecule has 0 amide bonds. The molecule has 106 valence electrons. The van der Waals surface area contributed by atoms with Crippen molar-refractivity contribution in [3.8, 4) is 0 Å². The van der Waals surface area contributed by atoms with Gasteiger partial charge in [0.1, 0.15) is 0 Å². The Bertz CT molecular complexity index is 226. The van der Waals surface area contributed by atoms with Gasteiger partial charge in [-0.05, 0) is 50.0 Å². The van der Waals surface area contributed by atoms with Crippen LogP contribution in [-0.2, 0) is 0 Å². The molecule has 0 saturated heterocycles. The van der Waals surface area contributed by atoms with Gasteiger partial charge in [0.25, 0.3) is 0 Å². The molecular formula is C17H33N. The Morgan fingerprint density at radius 1 is 0.833 bits per heavy atom. The summed E-state index contributed by atoms with van der Waals surface area (Å²) in [6, 6.07) is 0.843. The second-order valence-electron chi connectivity index (χ2n) is 6.63. The summed E-state index contributed by atoms with van der Waals surface area (Å²) in [6.45, 7) is 5.94. The molecule has 4 unspecified atom stereocenters. The van der Waals surface area contributed by atoms with E-state index in [4.69, 9.17) is 0 Å². The lowest BCUT2D eigenvalue weighted by Gasteiger charge is -2.43. The molecule has 0 heterocycles. The fourth-order valence-electron chi connectivity index (χ4n) is 4.56. The highest BCUT2D eigenvalue weighted by Crippen LogP contribution is 2.42. The average molecular weight is 251 g/mol. The average Bonchev–Trinajstić information content (AvgIpc) is 2.45. The van der Waals surface area contributed by atoms with Crippen LogP contribution in [0.2, 0.25) is 0 Å². The first-order valence-corrected chi connectivity index (χ1v) is 8.60. The number of rotatable bonds is 5. The fourth-order valence-corrected chi connectivity index (χ4v) is 4.56. The van der Waals surface area contributed by atoms with Gasteiger partial charge in [0.15, 0.2) is 0 Å². The van der Waals surface area contributed by atoms with E-state index < -0.39 is 0 Å². The van der Waals surface area contributed by atoms with Crippen LogP contribution in [0.15, 0.2) is 0 Å². The summed E-state index contributed by atoms with van der Waals surface area (Å²) in [5.41, 5.74) is 0. The van der Waals surface area contributed by atoms with Crippen LogP contribution in [0.3, 0.4) is 0 Å². The molecule has 2 rings (SSSR count). The lowest BCUT2D eigenvalue weighted by Crippen LogP contribution is -2.44. The van der Waals surface area contributed by atoms with Gasteiger partial charge in [0.2, 0.25) is 0 Å². The van der Waals surface area contributed by atoms with Crippen molar-refractivity contribution < 1.29 is 0 Å². The SMILES string of the molecule is CCCNC1CCCCC1C1CCCCC1CC. The van der Waals surface area contributed by atoms with Crippen LogP contribution in [0.4, 0.5) is 0 Å². The van der Waals surface area contributed by atoms with E-state index in [1.54, 1.807) is 0 Å². The molecule has 1 heteroatoms. The summed E-state index contributed by atoms with van der Waals surface area (Å²) in [5.74, 6) is 3.07. The molecule has 1 nitrogen and oxygen atoms in total. The zero-order chi connectivity index (χ0) is 12.8. The normalized spacial score (nSPS) is 37.7. The molecule has 4 atom stereocenters. The smallest absolute Gasteiger partial charge is 0.00980 e. The maximum atomic E-state index is 3.86. The first-order valence-electron chi connectivity index (χ1n) is 8.60. The zero-order valence-electron chi connectivity index (χ0n) is 12.6. The first-order chi connectivity index (χ1) is 8.86. The lowest BCUT2D eigenvalue weighted by molar-refractivity contribution is 0.0964. The largest absolute Gasteiger partial charge is 0.314 e. The topological polar surface area (TPSA) is 12.0 Å². The quantitative estimate of drug-likeness (QED) is 0.743. The highest BCUT2D eigenvalue weighted by atomic mass is 14.9. The van der Waals surface area contributed by atoms with E-state index in [1.165, 1.54) is 70.8 Å². The number of hydrogen-bond acceptors (Lipinski definition) is 1. The van der Waals surface area contributed by atoms with Crippen LogP contribution < -0.4 is 5.32 Å². The van der Waals surface area contributed by atoms with E-state index in [9.17, 15) is 0 Å². The Balaban J connectivity index is 1.97. The Kier molecular flexibility index (Phi) is 6.01. The van der Waals surface area contributed by atoms with E-state index in [-0.39, 0.29) is 0 Å². The predicted molar refractivity (Wildman–Crippen MR) is 79.8 cm³/mol. The van der Waals surface area contributed by atoms with Crippen LogP contribution in [0.1, 0.15) is 78.1 Å². The van der Waals surface area contributed by atoms with Crippen molar-refractivity contribution in [3.05, 3.63) is 0 Å². The molecule has 2 aliphatic rings. The predicted octanol–water partition coefficient (Wildman–Crippen LogP) is 4.76. The van der Waals surface area contributed by atoms with Crippen LogP contribution in [0, 0.1) is 17.8 Å². The molecule has 0 spiro atoms. The minimum Gasteiger partial charge on any atom is -0.314 e. The molecule has 0 aliphatic heterocycles. The van der Waals surface area contributed by atoms with Gasteiger partial charge in [-0.1, -0.05) is 52.4 Å². The molecule has 18 heavy (non-hydrogen) atoms. The molecule has 0 bridgehead atoms.